The summed E-state index contributed by atoms with van der Waals surface area (Å²) in [6.45, 7) is 0.837. The van der Waals surface area contributed by atoms with Crippen molar-refractivity contribution >= 4 is 39.7 Å². The molecule has 0 spiro atoms. The maximum absolute atomic E-state index is 12.2. The third kappa shape index (κ3) is 2.48. The SMILES string of the molecule is O=C(NCCn1c(=S)[nH]c2ccsc2c1=O)C1CC1. The molecule has 100 valence electrons. The highest BCUT2D eigenvalue weighted by molar-refractivity contribution is 7.71. The molecule has 0 bridgehead atoms. The molecule has 0 aliphatic heterocycles. The van der Waals surface area contributed by atoms with Crippen molar-refractivity contribution in [1.82, 2.24) is 14.9 Å². The van der Waals surface area contributed by atoms with Gasteiger partial charge in [-0.05, 0) is 36.5 Å². The molecule has 2 aromatic heterocycles. The van der Waals surface area contributed by atoms with E-state index in [1.807, 2.05) is 11.4 Å². The van der Waals surface area contributed by atoms with E-state index >= 15 is 0 Å². The zero-order chi connectivity index (χ0) is 13.4. The highest BCUT2D eigenvalue weighted by Crippen LogP contribution is 2.28. The number of hydrogen-bond donors (Lipinski definition) is 2. The number of amides is 1. The molecule has 1 saturated carbocycles. The van der Waals surface area contributed by atoms with Gasteiger partial charge in [0.1, 0.15) is 4.70 Å². The second kappa shape index (κ2) is 4.90. The maximum atomic E-state index is 12.2. The van der Waals surface area contributed by atoms with E-state index in [1.54, 1.807) is 0 Å². The fourth-order valence-electron chi connectivity index (χ4n) is 1.95. The lowest BCUT2D eigenvalue weighted by Crippen LogP contribution is -2.32. The van der Waals surface area contributed by atoms with Gasteiger partial charge in [0.25, 0.3) is 5.56 Å². The van der Waals surface area contributed by atoms with Gasteiger partial charge in [-0.3, -0.25) is 14.2 Å². The quantitative estimate of drug-likeness (QED) is 0.843. The molecule has 1 fully saturated rings. The second-order valence-electron chi connectivity index (χ2n) is 4.62. The van der Waals surface area contributed by atoms with Crippen LogP contribution in [0.1, 0.15) is 12.8 Å². The van der Waals surface area contributed by atoms with Gasteiger partial charge in [0.2, 0.25) is 5.91 Å². The predicted molar refractivity (Wildman–Crippen MR) is 77.0 cm³/mol. The summed E-state index contributed by atoms with van der Waals surface area (Å²) < 4.78 is 2.57. The number of fused-ring (bicyclic) bond motifs is 1. The number of H-pyrrole nitrogens is 1. The molecule has 0 saturated heterocycles. The van der Waals surface area contributed by atoms with E-state index < -0.39 is 0 Å². The number of carbonyl (C=O) groups excluding carboxylic acids is 1. The van der Waals surface area contributed by atoms with E-state index in [-0.39, 0.29) is 17.4 Å². The summed E-state index contributed by atoms with van der Waals surface area (Å²) in [4.78, 5) is 26.7. The number of nitrogens with zero attached hydrogens (tertiary/aromatic N) is 1. The number of aromatic nitrogens is 2. The van der Waals surface area contributed by atoms with Gasteiger partial charge in [-0.2, -0.15) is 0 Å². The van der Waals surface area contributed by atoms with Crippen LogP contribution in [0.15, 0.2) is 16.2 Å². The molecule has 2 N–H and O–H groups in total. The first kappa shape index (κ1) is 12.6. The monoisotopic (exact) mass is 295 g/mol. The second-order valence-corrected chi connectivity index (χ2v) is 5.92. The van der Waals surface area contributed by atoms with Crippen LogP contribution < -0.4 is 10.9 Å². The molecule has 19 heavy (non-hydrogen) atoms. The van der Waals surface area contributed by atoms with E-state index in [9.17, 15) is 9.59 Å². The molecule has 7 heteroatoms. The normalized spacial score (nSPS) is 14.7. The number of aromatic amines is 1. The van der Waals surface area contributed by atoms with Crippen molar-refractivity contribution in [1.29, 1.82) is 0 Å². The number of carbonyl (C=O) groups is 1. The van der Waals surface area contributed by atoms with Crippen LogP contribution in [0, 0.1) is 10.7 Å². The standard InChI is InChI=1S/C12H13N3O2S2/c16-10(7-1-2-7)13-4-5-15-11(17)9-8(3-6-19-9)14-12(15)18/h3,6-7H,1-2,4-5H2,(H,13,16)(H,14,18). The van der Waals surface area contributed by atoms with Crippen LogP contribution in [-0.2, 0) is 11.3 Å². The summed E-state index contributed by atoms with van der Waals surface area (Å²) in [7, 11) is 0. The summed E-state index contributed by atoms with van der Waals surface area (Å²) in [5.74, 6) is 0.270. The van der Waals surface area contributed by atoms with Gasteiger partial charge in [0.05, 0.1) is 5.52 Å². The van der Waals surface area contributed by atoms with Crippen LogP contribution >= 0.6 is 23.6 Å². The smallest absolute Gasteiger partial charge is 0.272 e. The van der Waals surface area contributed by atoms with Crippen molar-refractivity contribution in [3.05, 3.63) is 26.6 Å². The van der Waals surface area contributed by atoms with Gasteiger partial charge in [0.15, 0.2) is 4.77 Å². The first-order valence-corrected chi connectivity index (χ1v) is 7.43. The molecule has 2 heterocycles. The van der Waals surface area contributed by atoms with Crippen LogP contribution in [0.5, 0.6) is 0 Å². The Bertz CT molecular complexity index is 739. The van der Waals surface area contributed by atoms with Gasteiger partial charge >= 0.3 is 0 Å². The van der Waals surface area contributed by atoms with Crippen molar-refractivity contribution in [3.8, 4) is 0 Å². The molecule has 3 rings (SSSR count). The minimum absolute atomic E-state index is 0.0835. The summed E-state index contributed by atoms with van der Waals surface area (Å²) in [6, 6.07) is 1.84. The van der Waals surface area contributed by atoms with E-state index in [1.165, 1.54) is 15.9 Å². The third-order valence-corrected chi connectivity index (χ3v) is 4.40. The van der Waals surface area contributed by atoms with E-state index in [0.29, 0.717) is 22.6 Å². The first-order valence-electron chi connectivity index (χ1n) is 6.15. The van der Waals surface area contributed by atoms with Crippen LogP contribution in [0.4, 0.5) is 0 Å². The lowest BCUT2D eigenvalue weighted by molar-refractivity contribution is -0.122. The van der Waals surface area contributed by atoms with Crippen LogP contribution in [0.3, 0.4) is 0 Å². The lowest BCUT2D eigenvalue weighted by atomic mass is 10.4. The van der Waals surface area contributed by atoms with Crippen LogP contribution in [-0.4, -0.2) is 22.0 Å². The number of rotatable bonds is 4. The molecular weight excluding hydrogens is 282 g/mol. The van der Waals surface area contributed by atoms with E-state index in [0.717, 1.165) is 18.4 Å². The van der Waals surface area contributed by atoms with Crippen molar-refractivity contribution < 1.29 is 4.79 Å². The number of nitrogens with one attached hydrogen (secondary N) is 2. The van der Waals surface area contributed by atoms with E-state index in [4.69, 9.17) is 12.2 Å². The van der Waals surface area contributed by atoms with Crippen LogP contribution in [0.25, 0.3) is 10.2 Å². The van der Waals surface area contributed by atoms with Crippen molar-refractivity contribution in [2.24, 2.45) is 5.92 Å². The summed E-state index contributed by atoms with van der Waals surface area (Å²) in [6.07, 6.45) is 1.96. The minimum Gasteiger partial charge on any atom is -0.354 e. The summed E-state index contributed by atoms with van der Waals surface area (Å²) in [5, 5.41) is 4.69. The Balaban J connectivity index is 1.78. The Morgan fingerprint density at radius 2 is 2.37 bits per heavy atom. The molecule has 0 atom stereocenters. The molecule has 0 aromatic carbocycles. The largest absolute Gasteiger partial charge is 0.354 e. The molecule has 5 nitrogen and oxygen atoms in total. The third-order valence-electron chi connectivity index (χ3n) is 3.17. The molecule has 1 aliphatic rings. The summed E-state index contributed by atoms with van der Waals surface area (Å²) >= 11 is 6.57. The Morgan fingerprint density at radius 3 is 3.11 bits per heavy atom. The van der Waals surface area contributed by atoms with Crippen molar-refractivity contribution in [2.75, 3.05) is 6.54 Å². The maximum Gasteiger partial charge on any atom is 0.272 e. The topological polar surface area (TPSA) is 66.9 Å². The highest BCUT2D eigenvalue weighted by Gasteiger charge is 2.29. The van der Waals surface area contributed by atoms with Gasteiger partial charge in [0, 0.05) is 19.0 Å². The fraction of sp³-hybridized carbons (Fsp3) is 0.417. The average Bonchev–Trinajstić information content (AvgIpc) is 3.13. The zero-order valence-electron chi connectivity index (χ0n) is 10.1. The molecule has 2 aromatic rings. The van der Waals surface area contributed by atoms with Crippen LogP contribution in [0.2, 0.25) is 0 Å². The number of hydrogen-bond acceptors (Lipinski definition) is 4. The minimum atomic E-state index is -0.0885. The molecule has 0 radical (unpaired) electrons. The zero-order valence-corrected chi connectivity index (χ0v) is 11.8. The molecule has 1 amide bonds. The van der Waals surface area contributed by atoms with E-state index in [2.05, 4.69) is 10.3 Å². The van der Waals surface area contributed by atoms with Gasteiger partial charge in [-0.25, -0.2) is 0 Å². The van der Waals surface area contributed by atoms with Gasteiger partial charge in [-0.15, -0.1) is 11.3 Å². The Morgan fingerprint density at radius 1 is 1.58 bits per heavy atom. The molecule has 1 aliphatic carbocycles. The molecule has 0 unspecified atom stereocenters. The average molecular weight is 295 g/mol. The summed E-state index contributed by atoms with van der Waals surface area (Å²) in [5.41, 5.74) is 0.688. The lowest BCUT2D eigenvalue weighted by Gasteiger charge is -2.07. The first-order chi connectivity index (χ1) is 9.16. The Hall–Kier alpha value is -1.47. The van der Waals surface area contributed by atoms with Gasteiger partial charge < -0.3 is 10.3 Å². The Kier molecular flexibility index (Phi) is 3.24. The molecular formula is C12H13N3O2S2. The predicted octanol–water partition coefficient (Wildman–Crippen LogP) is 1.65. The fourth-order valence-corrected chi connectivity index (χ4v) is 3.04. The van der Waals surface area contributed by atoms with Gasteiger partial charge in [-0.1, -0.05) is 0 Å². The van der Waals surface area contributed by atoms with Crippen molar-refractivity contribution in [3.63, 3.8) is 0 Å². The van der Waals surface area contributed by atoms with Crippen molar-refractivity contribution in [2.45, 2.75) is 19.4 Å². The highest BCUT2D eigenvalue weighted by atomic mass is 32.1. The Labute approximate surface area is 118 Å². The number of thiophene rings is 1.